The van der Waals surface area contributed by atoms with E-state index in [0.29, 0.717) is 60.7 Å². The van der Waals surface area contributed by atoms with Gasteiger partial charge in [-0.1, -0.05) is 0 Å². The summed E-state index contributed by atoms with van der Waals surface area (Å²) >= 11 is 0. The maximum absolute atomic E-state index is 14.3. The Morgan fingerprint density at radius 2 is 1.98 bits per heavy atom. The summed E-state index contributed by atoms with van der Waals surface area (Å²) in [5, 5.41) is 20.5. The number of aliphatic hydroxyl groups excluding tert-OH is 1. The van der Waals surface area contributed by atoms with Crippen molar-refractivity contribution in [3.63, 3.8) is 0 Å². The number of ether oxygens (including phenoxy) is 2. The molecule has 1 N–H and O–H groups in total. The van der Waals surface area contributed by atoms with Crippen molar-refractivity contribution in [2.45, 2.75) is 58.4 Å². The van der Waals surface area contributed by atoms with Crippen molar-refractivity contribution in [2.24, 2.45) is 7.05 Å². The summed E-state index contributed by atoms with van der Waals surface area (Å²) in [6.07, 6.45) is 3.70. The van der Waals surface area contributed by atoms with Gasteiger partial charge in [0.15, 0.2) is 0 Å². The largest absolute Gasteiger partial charge is 0.496 e. The SMILES string of the molecule is COc1cc(F)ccc1-c1c(-c2cc3n(n2)CCN(C(=O)OC(C)(C)C)C3)nc(-c2cnn(C)c2)c2c1C(O)CC2. The molecule has 1 aromatic carbocycles. The number of aliphatic hydroxyl groups is 1. The van der Waals surface area contributed by atoms with E-state index in [9.17, 15) is 14.3 Å². The van der Waals surface area contributed by atoms with Gasteiger partial charge >= 0.3 is 6.09 Å². The Kier molecular flexibility index (Phi) is 6.56. The average molecular weight is 561 g/mol. The molecule has 1 amide bonds. The highest BCUT2D eigenvalue weighted by molar-refractivity contribution is 5.89. The molecule has 0 bridgehead atoms. The van der Waals surface area contributed by atoms with Gasteiger partial charge in [-0.05, 0) is 62.9 Å². The Hall–Kier alpha value is -4.25. The number of nitrogens with zero attached hydrogens (tertiary/aromatic N) is 6. The Labute approximate surface area is 237 Å². The molecule has 1 aliphatic heterocycles. The number of rotatable bonds is 4. The van der Waals surface area contributed by atoms with E-state index in [1.807, 2.05) is 44.8 Å². The summed E-state index contributed by atoms with van der Waals surface area (Å²) < 4.78 is 29.0. The third kappa shape index (κ3) is 4.94. The molecule has 4 aromatic rings. The number of benzene rings is 1. The molecule has 0 radical (unpaired) electrons. The first kappa shape index (κ1) is 26.9. The molecule has 0 saturated carbocycles. The predicted octanol–water partition coefficient (Wildman–Crippen LogP) is 4.89. The average Bonchev–Trinajstić information content (AvgIpc) is 3.65. The highest BCUT2D eigenvalue weighted by Crippen LogP contribution is 2.48. The van der Waals surface area contributed by atoms with E-state index < -0.39 is 17.5 Å². The molecule has 10 nitrogen and oxygen atoms in total. The number of aromatic nitrogens is 5. The van der Waals surface area contributed by atoms with Crippen LogP contribution in [0.25, 0.3) is 33.8 Å². The highest BCUT2D eigenvalue weighted by atomic mass is 19.1. The second-order valence-electron chi connectivity index (χ2n) is 11.5. The number of carbonyl (C=O) groups excluding carboxylic acids is 1. The number of hydrogen-bond acceptors (Lipinski definition) is 7. The second-order valence-corrected chi connectivity index (χ2v) is 11.5. The summed E-state index contributed by atoms with van der Waals surface area (Å²) in [4.78, 5) is 19.6. The highest BCUT2D eigenvalue weighted by Gasteiger charge is 2.34. The van der Waals surface area contributed by atoms with Crippen molar-refractivity contribution in [3.8, 4) is 39.5 Å². The monoisotopic (exact) mass is 560 g/mol. The first-order valence-electron chi connectivity index (χ1n) is 13.6. The molecule has 0 spiro atoms. The van der Waals surface area contributed by atoms with E-state index in [0.717, 1.165) is 28.1 Å². The maximum atomic E-state index is 14.3. The van der Waals surface area contributed by atoms with Crippen molar-refractivity contribution < 1.29 is 23.8 Å². The quantitative estimate of drug-likeness (QED) is 0.379. The van der Waals surface area contributed by atoms with Crippen molar-refractivity contribution in [1.82, 2.24) is 29.4 Å². The molecule has 0 fully saturated rings. The van der Waals surface area contributed by atoms with Crippen LogP contribution in [0.2, 0.25) is 0 Å². The first-order chi connectivity index (χ1) is 19.5. The predicted molar refractivity (Wildman–Crippen MR) is 150 cm³/mol. The lowest BCUT2D eigenvalue weighted by Gasteiger charge is -2.30. The third-order valence-corrected chi connectivity index (χ3v) is 7.45. The summed E-state index contributed by atoms with van der Waals surface area (Å²) in [6.45, 7) is 6.81. The van der Waals surface area contributed by atoms with Crippen LogP contribution >= 0.6 is 0 Å². The van der Waals surface area contributed by atoms with Gasteiger partial charge in [-0.3, -0.25) is 9.36 Å². The normalized spacial score (nSPS) is 16.5. The third-order valence-electron chi connectivity index (χ3n) is 7.45. The number of aryl methyl sites for hydroxylation is 1. The zero-order valence-electron chi connectivity index (χ0n) is 23.8. The van der Waals surface area contributed by atoms with Gasteiger partial charge in [0.05, 0.1) is 49.6 Å². The smallest absolute Gasteiger partial charge is 0.410 e. The van der Waals surface area contributed by atoms with Gasteiger partial charge in [0.2, 0.25) is 0 Å². The Balaban J connectivity index is 1.54. The summed E-state index contributed by atoms with van der Waals surface area (Å²) in [5.41, 5.74) is 5.86. The van der Waals surface area contributed by atoms with Crippen LogP contribution in [0.15, 0.2) is 36.7 Å². The number of pyridine rings is 1. The van der Waals surface area contributed by atoms with Crippen LogP contribution in [0.3, 0.4) is 0 Å². The lowest BCUT2D eigenvalue weighted by atomic mass is 9.90. The second kappa shape index (κ2) is 9.99. The van der Waals surface area contributed by atoms with Crippen molar-refractivity contribution >= 4 is 6.09 Å². The molecular formula is C30H33FN6O4. The molecule has 1 aliphatic carbocycles. The number of methoxy groups -OCH3 is 1. The molecule has 3 aromatic heterocycles. The summed E-state index contributed by atoms with van der Waals surface area (Å²) in [5.74, 6) is -0.0903. The minimum Gasteiger partial charge on any atom is -0.496 e. The first-order valence-corrected chi connectivity index (χ1v) is 13.6. The Morgan fingerprint density at radius 3 is 2.68 bits per heavy atom. The van der Waals surface area contributed by atoms with Crippen LogP contribution in [0.5, 0.6) is 5.75 Å². The Bertz CT molecular complexity index is 1650. The van der Waals surface area contributed by atoms with E-state index in [-0.39, 0.29) is 6.09 Å². The number of fused-ring (bicyclic) bond motifs is 2. The van der Waals surface area contributed by atoms with Gasteiger partial charge < -0.3 is 19.5 Å². The maximum Gasteiger partial charge on any atom is 0.410 e. The lowest BCUT2D eigenvalue weighted by molar-refractivity contribution is 0.0194. The minimum absolute atomic E-state index is 0.333. The number of carbonyl (C=O) groups is 1. The molecule has 11 heteroatoms. The van der Waals surface area contributed by atoms with Gasteiger partial charge in [-0.15, -0.1) is 0 Å². The fourth-order valence-electron chi connectivity index (χ4n) is 5.66. The zero-order chi connectivity index (χ0) is 29.1. The van der Waals surface area contributed by atoms with E-state index in [1.165, 1.54) is 19.2 Å². The molecule has 214 valence electrons. The van der Waals surface area contributed by atoms with E-state index in [1.54, 1.807) is 21.8 Å². The van der Waals surface area contributed by atoms with Crippen LogP contribution in [-0.4, -0.2) is 59.9 Å². The number of amides is 1. The van der Waals surface area contributed by atoms with Gasteiger partial charge in [0.1, 0.15) is 22.9 Å². The summed E-state index contributed by atoms with van der Waals surface area (Å²) in [6, 6.07) is 6.28. The molecule has 6 rings (SSSR count). The fourth-order valence-corrected chi connectivity index (χ4v) is 5.66. The van der Waals surface area contributed by atoms with Gasteiger partial charge in [-0.2, -0.15) is 10.2 Å². The van der Waals surface area contributed by atoms with E-state index in [2.05, 4.69) is 5.10 Å². The fraction of sp³-hybridized carbons (Fsp3) is 0.400. The van der Waals surface area contributed by atoms with Crippen molar-refractivity contribution in [3.05, 3.63) is 59.3 Å². The molecule has 1 atom stereocenters. The van der Waals surface area contributed by atoms with Gasteiger partial charge in [0.25, 0.3) is 0 Å². The lowest BCUT2D eigenvalue weighted by Crippen LogP contribution is -2.41. The van der Waals surface area contributed by atoms with E-state index >= 15 is 0 Å². The topological polar surface area (TPSA) is 108 Å². The van der Waals surface area contributed by atoms with Gasteiger partial charge in [0, 0.05) is 42.5 Å². The Morgan fingerprint density at radius 1 is 1.17 bits per heavy atom. The van der Waals surface area contributed by atoms with Gasteiger partial charge in [-0.25, -0.2) is 14.2 Å². The van der Waals surface area contributed by atoms with Crippen LogP contribution in [-0.2, 0) is 31.3 Å². The number of hydrogen-bond donors (Lipinski definition) is 1. The van der Waals surface area contributed by atoms with Crippen LogP contribution in [0.1, 0.15) is 50.1 Å². The number of halogens is 1. The van der Waals surface area contributed by atoms with Crippen LogP contribution in [0.4, 0.5) is 9.18 Å². The molecule has 41 heavy (non-hydrogen) atoms. The molecule has 0 saturated heterocycles. The molecule has 1 unspecified atom stereocenters. The van der Waals surface area contributed by atoms with E-state index in [4.69, 9.17) is 19.6 Å². The van der Waals surface area contributed by atoms with Crippen molar-refractivity contribution in [2.75, 3.05) is 13.7 Å². The molecule has 4 heterocycles. The van der Waals surface area contributed by atoms with Crippen molar-refractivity contribution in [1.29, 1.82) is 0 Å². The minimum atomic E-state index is -0.744. The van der Waals surface area contributed by atoms with Crippen LogP contribution in [0, 0.1) is 5.82 Å². The molecular weight excluding hydrogens is 527 g/mol. The summed E-state index contributed by atoms with van der Waals surface area (Å²) in [7, 11) is 3.34. The zero-order valence-corrected chi connectivity index (χ0v) is 23.8. The standard InChI is InChI=1S/C30H33FN6O4/c1-30(2,3)41-29(39)36-10-11-37-19(16-36)13-22(34-37)28-26(20-7-6-18(31)12-24(20)40-5)25-21(8-9-23(25)38)27(33-28)17-14-32-35(4)15-17/h6-7,12-15,23,38H,8-11,16H2,1-5H3. The molecule has 2 aliphatic rings. The van der Waals surface area contributed by atoms with Crippen LogP contribution < -0.4 is 4.74 Å².